The summed E-state index contributed by atoms with van der Waals surface area (Å²) in [6, 6.07) is 2.08. The molecule has 24 heavy (non-hydrogen) atoms. The Balaban J connectivity index is 1.69. The summed E-state index contributed by atoms with van der Waals surface area (Å²) in [5.41, 5.74) is 1.25. The smallest absolute Gasteiger partial charge is 0.255 e. The molecule has 0 bridgehead atoms. The van der Waals surface area contributed by atoms with Gasteiger partial charge in [-0.25, -0.2) is 4.68 Å². The van der Waals surface area contributed by atoms with Gasteiger partial charge in [0.2, 0.25) is 0 Å². The van der Waals surface area contributed by atoms with Gasteiger partial charge in [-0.15, -0.1) is 5.10 Å². The van der Waals surface area contributed by atoms with Crippen LogP contribution >= 0.6 is 0 Å². The van der Waals surface area contributed by atoms with Gasteiger partial charge in [-0.3, -0.25) is 14.7 Å². The lowest BCUT2D eigenvalue weighted by molar-refractivity contribution is 0.0759. The average Bonchev–Trinajstić information content (AvgIpc) is 3.24. The second-order valence-corrected chi connectivity index (χ2v) is 6.15. The molecule has 0 saturated carbocycles. The number of likely N-dealkylation sites (tertiary alicyclic amines) is 1. The van der Waals surface area contributed by atoms with Gasteiger partial charge in [0.05, 0.1) is 35.9 Å². The summed E-state index contributed by atoms with van der Waals surface area (Å²) in [7, 11) is 5.62. The Hall–Kier alpha value is -2.32. The first-order chi connectivity index (χ1) is 11.6. The maximum absolute atomic E-state index is 12.7. The monoisotopic (exact) mass is 330 g/mol. The molecule has 1 saturated heterocycles. The molecule has 1 aliphatic heterocycles. The number of ether oxygens (including phenoxy) is 1. The predicted molar refractivity (Wildman–Crippen MR) is 87.9 cm³/mol. The van der Waals surface area contributed by atoms with E-state index < -0.39 is 0 Å². The molecule has 1 aliphatic rings. The van der Waals surface area contributed by atoms with Crippen molar-refractivity contribution in [1.29, 1.82) is 0 Å². The normalized spacial score (nSPS) is 21.1. The first-order valence-corrected chi connectivity index (χ1v) is 7.88. The van der Waals surface area contributed by atoms with Crippen LogP contribution in [0.2, 0.25) is 0 Å². The highest BCUT2D eigenvalue weighted by molar-refractivity contribution is 5.94. The summed E-state index contributed by atoms with van der Waals surface area (Å²) in [4.78, 5) is 20.8. The number of amides is 1. The van der Waals surface area contributed by atoms with E-state index in [0.29, 0.717) is 23.8 Å². The summed E-state index contributed by atoms with van der Waals surface area (Å²) >= 11 is 0. The molecular weight excluding hydrogens is 308 g/mol. The van der Waals surface area contributed by atoms with Gasteiger partial charge in [-0.1, -0.05) is 5.21 Å². The zero-order valence-corrected chi connectivity index (χ0v) is 14.2. The minimum absolute atomic E-state index is 0.0567. The highest BCUT2D eigenvalue weighted by Gasteiger charge is 2.31. The third kappa shape index (κ3) is 3.44. The molecule has 0 aliphatic carbocycles. The SMILES string of the molecule is CO[C@H]1C[C@@H](CN(C)C(=O)c2cncc(-n3ccnn3)c2)N(C)C1. The maximum atomic E-state index is 12.7. The number of carbonyl (C=O) groups excluding carboxylic acids is 1. The van der Waals surface area contributed by atoms with Gasteiger partial charge >= 0.3 is 0 Å². The first kappa shape index (κ1) is 16.5. The van der Waals surface area contributed by atoms with E-state index in [0.717, 1.165) is 13.0 Å². The zero-order chi connectivity index (χ0) is 17.1. The molecule has 0 aromatic carbocycles. The van der Waals surface area contributed by atoms with E-state index in [4.69, 9.17) is 4.74 Å². The van der Waals surface area contributed by atoms with Crippen LogP contribution < -0.4 is 0 Å². The second kappa shape index (κ2) is 7.06. The summed E-state index contributed by atoms with van der Waals surface area (Å²) in [6.07, 6.45) is 7.70. The fourth-order valence-corrected chi connectivity index (χ4v) is 3.05. The van der Waals surface area contributed by atoms with Crippen molar-refractivity contribution in [3.05, 3.63) is 36.4 Å². The molecule has 0 N–H and O–H groups in total. The molecule has 1 fully saturated rings. The lowest BCUT2D eigenvalue weighted by Crippen LogP contribution is -2.39. The van der Waals surface area contributed by atoms with Gasteiger partial charge in [-0.2, -0.15) is 0 Å². The number of aromatic nitrogens is 4. The van der Waals surface area contributed by atoms with E-state index in [2.05, 4.69) is 27.2 Å². The van der Waals surface area contributed by atoms with Crippen molar-refractivity contribution < 1.29 is 9.53 Å². The third-order valence-corrected chi connectivity index (χ3v) is 4.47. The average molecular weight is 330 g/mol. The number of pyridine rings is 1. The Morgan fingerprint density at radius 1 is 1.46 bits per heavy atom. The number of carbonyl (C=O) groups is 1. The fourth-order valence-electron chi connectivity index (χ4n) is 3.05. The van der Waals surface area contributed by atoms with Crippen molar-refractivity contribution in [3.63, 3.8) is 0 Å². The zero-order valence-electron chi connectivity index (χ0n) is 14.2. The van der Waals surface area contributed by atoms with Gasteiger partial charge in [-0.05, 0) is 19.5 Å². The molecule has 8 nitrogen and oxygen atoms in total. The van der Waals surface area contributed by atoms with Crippen molar-refractivity contribution in [2.45, 2.75) is 18.6 Å². The molecule has 8 heteroatoms. The molecular formula is C16H22N6O2. The lowest BCUT2D eigenvalue weighted by atomic mass is 10.1. The van der Waals surface area contributed by atoms with Gasteiger partial charge in [0.25, 0.3) is 5.91 Å². The lowest BCUT2D eigenvalue weighted by Gasteiger charge is -2.25. The molecule has 0 unspecified atom stereocenters. The van der Waals surface area contributed by atoms with E-state index in [1.807, 2.05) is 7.05 Å². The van der Waals surface area contributed by atoms with Gasteiger partial charge in [0.15, 0.2) is 0 Å². The van der Waals surface area contributed by atoms with E-state index in [1.165, 1.54) is 0 Å². The number of likely N-dealkylation sites (N-methyl/N-ethyl adjacent to an activating group) is 2. The molecule has 2 atom stereocenters. The molecule has 0 spiro atoms. The van der Waals surface area contributed by atoms with E-state index in [1.54, 1.807) is 47.5 Å². The van der Waals surface area contributed by atoms with Gasteiger partial charge in [0, 0.05) is 39.5 Å². The summed E-state index contributed by atoms with van der Waals surface area (Å²) in [5, 5.41) is 7.70. The number of rotatable bonds is 5. The Labute approximate surface area is 141 Å². The Morgan fingerprint density at radius 3 is 2.96 bits per heavy atom. The van der Waals surface area contributed by atoms with E-state index >= 15 is 0 Å². The maximum Gasteiger partial charge on any atom is 0.255 e. The Bertz CT molecular complexity index is 690. The molecule has 2 aromatic heterocycles. The first-order valence-electron chi connectivity index (χ1n) is 7.88. The van der Waals surface area contributed by atoms with Crippen molar-refractivity contribution in [3.8, 4) is 5.69 Å². The summed E-state index contributed by atoms with van der Waals surface area (Å²) < 4.78 is 7.01. The molecule has 0 radical (unpaired) electrons. The number of methoxy groups -OCH3 is 1. The molecule has 3 heterocycles. The van der Waals surface area contributed by atoms with Crippen LogP contribution in [-0.2, 0) is 4.74 Å². The summed E-state index contributed by atoms with van der Waals surface area (Å²) in [5.74, 6) is -0.0567. The van der Waals surface area contributed by atoms with Crippen LogP contribution in [0.3, 0.4) is 0 Å². The van der Waals surface area contributed by atoms with Crippen LogP contribution in [0.1, 0.15) is 16.8 Å². The second-order valence-electron chi connectivity index (χ2n) is 6.15. The van der Waals surface area contributed by atoms with Crippen molar-refractivity contribution in [2.75, 3.05) is 34.3 Å². The van der Waals surface area contributed by atoms with Gasteiger partial charge in [0.1, 0.15) is 0 Å². The highest BCUT2D eigenvalue weighted by Crippen LogP contribution is 2.19. The number of hydrogen-bond donors (Lipinski definition) is 0. The predicted octanol–water partition coefficient (Wildman–Crippen LogP) is 0.453. The number of hydrogen-bond acceptors (Lipinski definition) is 6. The van der Waals surface area contributed by atoms with E-state index in [9.17, 15) is 4.79 Å². The number of nitrogens with zero attached hydrogens (tertiary/aromatic N) is 6. The fraction of sp³-hybridized carbons (Fsp3) is 0.500. The largest absolute Gasteiger partial charge is 0.380 e. The standard InChI is InChI=1S/C16H22N6O2/c1-20-11-15(24-3)7-14(20)10-21(2)16(23)12-6-13(9-17-8-12)22-5-4-18-19-22/h4-6,8-9,14-15H,7,10-11H2,1-3H3/t14-,15-/m0/s1. The quantitative estimate of drug-likeness (QED) is 0.792. The molecule has 1 amide bonds. The Kier molecular flexibility index (Phi) is 4.86. The van der Waals surface area contributed by atoms with Crippen LogP contribution in [0.15, 0.2) is 30.9 Å². The summed E-state index contributed by atoms with van der Waals surface area (Å²) in [6.45, 7) is 1.55. The van der Waals surface area contributed by atoms with Crippen LogP contribution in [-0.4, -0.2) is 82.1 Å². The van der Waals surface area contributed by atoms with Gasteiger partial charge < -0.3 is 9.64 Å². The van der Waals surface area contributed by atoms with Crippen LogP contribution in [0.4, 0.5) is 0 Å². The van der Waals surface area contributed by atoms with Crippen LogP contribution in [0, 0.1) is 0 Å². The Morgan fingerprint density at radius 2 is 2.29 bits per heavy atom. The highest BCUT2D eigenvalue weighted by atomic mass is 16.5. The van der Waals surface area contributed by atoms with Crippen LogP contribution in [0.25, 0.3) is 5.69 Å². The van der Waals surface area contributed by atoms with Crippen LogP contribution in [0.5, 0.6) is 0 Å². The van der Waals surface area contributed by atoms with E-state index in [-0.39, 0.29) is 12.0 Å². The van der Waals surface area contributed by atoms with Crippen molar-refractivity contribution in [1.82, 2.24) is 29.8 Å². The van der Waals surface area contributed by atoms with Crippen molar-refractivity contribution in [2.24, 2.45) is 0 Å². The minimum atomic E-state index is -0.0567. The third-order valence-electron chi connectivity index (χ3n) is 4.47. The molecule has 128 valence electrons. The topological polar surface area (TPSA) is 76.4 Å². The van der Waals surface area contributed by atoms with Crippen molar-refractivity contribution >= 4 is 5.91 Å². The molecule has 2 aromatic rings. The molecule has 3 rings (SSSR count). The minimum Gasteiger partial charge on any atom is -0.380 e.